The van der Waals surface area contributed by atoms with Crippen molar-refractivity contribution in [3.63, 3.8) is 0 Å². The summed E-state index contributed by atoms with van der Waals surface area (Å²) in [5.74, 6) is 0.523. The van der Waals surface area contributed by atoms with E-state index in [1.807, 2.05) is 4.90 Å². The molecule has 0 saturated heterocycles. The zero-order chi connectivity index (χ0) is 14.3. The van der Waals surface area contributed by atoms with Crippen molar-refractivity contribution >= 4 is 11.8 Å². The number of oxime groups is 1. The maximum Gasteiger partial charge on any atom is 0.226 e. The predicted octanol–water partition coefficient (Wildman–Crippen LogP) is 0.822. The van der Waals surface area contributed by atoms with E-state index in [4.69, 9.17) is 15.7 Å². The molecule has 7 nitrogen and oxygen atoms in total. The number of aromatic nitrogens is 2. The second kappa shape index (κ2) is 7.52. The van der Waals surface area contributed by atoms with Crippen LogP contribution in [-0.4, -0.2) is 47.3 Å². The third-order valence-electron chi connectivity index (χ3n) is 2.93. The Morgan fingerprint density at radius 3 is 2.95 bits per heavy atom. The third kappa shape index (κ3) is 4.06. The average Bonchev–Trinajstić information content (AvgIpc) is 2.46. The first-order chi connectivity index (χ1) is 9.13. The lowest BCUT2D eigenvalue weighted by Gasteiger charge is -2.28. The fraction of sp³-hybridized carbons (Fsp3) is 0.583. The Morgan fingerprint density at radius 1 is 1.63 bits per heavy atom. The molecule has 0 bridgehead atoms. The van der Waals surface area contributed by atoms with Crippen molar-refractivity contribution < 1.29 is 9.94 Å². The summed E-state index contributed by atoms with van der Waals surface area (Å²) in [7, 11) is 1.66. The smallest absolute Gasteiger partial charge is 0.226 e. The minimum absolute atomic E-state index is 0.0282. The maximum atomic E-state index is 8.68. The Morgan fingerprint density at radius 2 is 2.37 bits per heavy atom. The quantitative estimate of drug-likeness (QED) is 0.328. The molecular formula is C12H21N5O2. The van der Waals surface area contributed by atoms with Gasteiger partial charge in [-0.2, -0.15) is 0 Å². The molecule has 0 saturated carbocycles. The summed E-state index contributed by atoms with van der Waals surface area (Å²) < 4.78 is 5.10. The Bertz CT molecular complexity index is 424. The summed E-state index contributed by atoms with van der Waals surface area (Å²) in [6.07, 6.45) is 2.55. The van der Waals surface area contributed by atoms with Gasteiger partial charge >= 0.3 is 0 Å². The third-order valence-corrected chi connectivity index (χ3v) is 2.93. The van der Waals surface area contributed by atoms with Gasteiger partial charge in [-0.3, -0.25) is 0 Å². The van der Waals surface area contributed by atoms with Gasteiger partial charge in [-0.05, 0) is 19.4 Å². The highest BCUT2D eigenvalue weighted by molar-refractivity contribution is 5.95. The van der Waals surface area contributed by atoms with Gasteiger partial charge in [0.1, 0.15) is 5.69 Å². The number of nitrogens with two attached hydrogens (primary N) is 1. The van der Waals surface area contributed by atoms with Crippen LogP contribution in [0.2, 0.25) is 0 Å². The van der Waals surface area contributed by atoms with Gasteiger partial charge in [-0.25, -0.2) is 9.97 Å². The van der Waals surface area contributed by atoms with Crippen LogP contribution in [0.5, 0.6) is 0 Å². The van der Waals surface area contributed by atoms with Crippen LogP contribution in [0.1, 0.15) is 26.0 Å². The molecule has 1 unspecified atom stereocenters. The Hall–Kier alpha value is -1.89. The molecule has 1 atom stereocenters. The summed E-state index contributed by atoms with van der Waals surface area (Å²) >= 11 is 0. The second-order valence-electron chi connectivity index (χ2n) is 4.17. The summed E-state index contributed by atoms with van der Waals surface area (Å²) in [5.41, 5.74) is 5.94. The highest BCUT2D eigenvalue weighted by Gasteiger charge is 2.16. The van der Waals surface area contributed by atoms with Crippen molar-refractivity contribution in [3.05, 3.63) is 18.0 Å². The molecule has 0 amide bonds. The topological polar surface area (TPSA) is 96.9 Å². The van der Waals surface area contributed by atoms with Crippen LogP contribution in [0.25, 0.3) is 0 Å². The van der Waals surface area contributed by atoms with Crippen LogP contribution in [0.4, 0.5) is 5.95 Å². The number of rotatable bonds is 7. The number of nitrogens with zero attached hydrogens (tertiary/aromatic N) is 4. The summed E-state index contributed by atoms with van der Waals surface area (Å²) in [4.78, 5) is 10.6. The van der Waals surface area contributed by atoms with Crippen LogP contribution < -0.4 is 10.6 Å². The van der Waals surface area contributed by atoms with Crippen molar-refractivity contribution in [2.45, 2.75) is 26.3 Å². The van der Waals surface area contributed by atoms with Gasteiger partial charge in [0.25, 0.3) is 0 Å². The van der Waals surface area contributed by atoms with Gasteiger partial charge in [0, 0.05) is 25.9 Å². The molecule has 3 N–H and O–H groups in total. The minimum Gasteiger partial charge on any atom is -0.409 e. The Labute approximate surface area is 113 Å². The van der Waals surface area contributed by atoms with Crippen molar-refractivity contribution in [1.82, 2.24) is 9.97 Å². The summed E-state index contributed by atoms with van der Waals surface area (Å²) in [6.45, 7) is 5.46. The van der Waals surface area contributed by atoms with Crippen molar-refractivity contribution in [1.29, 1.82) is 0 Å². The van der Waals surface area contributed by atoms with E-state index in [2.05, 4.69) is 29.0 Å². The highest BCUT2D eigenvalue weighted by atomic mass is 16.5. The van der Waals surface area contributed by atoms with Crippen LogP contribution in [0, 0.1) is 0 Å². The molecule has 0 spiro atoms. The van der Waals surface area contributed by atoms with Crippen LogP contribution in [-0.2, 0) is 4.74 Å². The molecule has 7 heteroatoms. The van der Waals surface area contributed by atoms with Gasteiger partial charge in [-0.1, -0.05) is 12.1 Å². The number of amidine groups is 1. The first-order valence-electron chi connectivity index (χ1n) is 6.20. The molecule has 19 heavy (non-hydrogen) atoms. The standard InChI is InChI=1S/C12H21N5O2/c1-4-9(2)17(7-8-19-3)12-14-6-5-10(15-12)11(13)16-18/h5-6,9,18H,4,7-8H2,1-3H3,(H2,13,16). The number of hydrogen-bond donors (Lipinski definition) is 2. The lowest BCUT2D eigenvalue weighted by Crippen LogP contribution is -2.37. The van der Waals surface area contributed by atoms with Crippen molar-refractivity contribution in [2.75, 3.05) is 25.2 Å². The number of hydrogen-bond acceptors (Lipinski definition) is 6. The molecule has 1 heterocycles. The van der Waals surface area contributed by atoms with Crippen LogP contribution >= 0.6 is 0 Å². The molecule has 0 fully saturated rings. The maximum absolute atomic E-state index is 8.68. The van der Waals surface area contributed by atoms with E-state index in [1.54, 1.807) is 19.4 Å². The first kappa shape index (κ1) is 15.2. The zero-order valence-electron chi connectivity index (χ0n) is 11.6. The number of ether oxygens (including phenoxy) is 1. The molecule has 1 aromatic heterocycles. The van der Waals surface area contributed by atoms with Crippen LogP contribution in [0.3, 0.4) is 0 Å². The van der Waals surface area contributed by atoms with E-state index in [0.717, 1.165) is 6.42 Å². The van der Waals surface area contributed by atoms with E-state index >= 15 is 0 Å². The highest BCUT2D eigenvalue weighted by Crippen LogP contribution is 2.13. The van der Waals surface area contributed by atoms with Gasteiger partial charge in [-0.15, -0.1) is 0 Å². The molecule has 0 radical (unpaired) electrons. The monoisotopic (exact) mass is 267 g/mol. The molecule has 0 aromatic carbocycles. The average molecular weight is 267 g/mol. The molecule has 0 aliphatic rings. The van der Waals surface area contributed by atoms with Crippen molar-refractivity contribution in [3.8, 4) is 0 Å². The molecule has 1 rings (SSSR count). The van der Waals surface area contributed by atoms with E-state index in [1.165, 1.54) is 0 Å². The van der Waals surface area contributed by atoms with Crippen LogP contribution in [0.15, 0.2) is 17.4 Å². The summed E-state index contributed by atoms with van der Waals surface area (Å²) in [6, 6.07) is 1.88. The summed E-state index contributed by atoms with van der Waals surface area (Å²) in [5, 5.41) is 11.6. The van der Waals surface area contributed by atoms with Gasteiger partial charge in [0.2, 0.25) is 5.95 Å². The molecule has 106 valence electrons. The first-order valence-corrected chi connectivity index (χ1v) is 6.20. The Kier molecular flexibility index (Phi) is 6.01. The molecular weight excluding hydrogens is 246 g/mol. The lowest BCUT2D eigenvalue weighted by molar-refractivity contribution is 0.203. The fourth-order valence-corrected chi connectivity index (χ4v) is 1.61. The van der Waals surface area contributed by atoms with Gasteiger partial charge in [0.05, 0.1) is 6.61 Å². The van der Waals surface area contributed by atoms with Gasteiger partial charge < -0.3 is 20.6 Å². The van der Waals surface area contributed by atoms with E-state index in [9.17, 15) is 0 Å². The minimum atomic E-state index is -0.0282. The second-order valence-corrected chi connectivity index (χ2v) is 4.17. The normalized spacial score (nSPS) is 13.3. The zero-order valence-corrected chi connectivity index (χ0v) is 11.6. The molecule has 0 aliphatic carbocycles. The van der Waals surface area contributed by atoms with E-state index in [0.29, 0.717) is 24.8 Å². The predicted molar refractivity (Wildman–Crippen MR) is 73.5 cm³/mol. The molecule has 0 aliphatic heterocycles. The van der Waals surface area contributed by atoms with Crippen molar-refractivity contribution in [2.24, 2.45) is 10.9 Å². The van der Waals surface area contributed by atoms with E-state index in [-0.39, 0.29) is 11.9 Å². The lowest BCUT2D eigenvalue weighted by atomic mass is 10.2. The van der Waals surface area contributed by atoms with E-state index < -0.39 is 0 Å². The largest absolute Gasteiger partial charge is 0.409 e. The Balaban J connectivity index is 3.01. The number of methoxy groups -OCH3 is 1. The molecule has 1 aromatic rings. The fourth-order valence-electron chi connectivity index (χ4n) is 1.61. The number of anilines is 1. The van der Waals surface area contributed by atoms with Gasteiger partial charge in [0.15, 0.2) is 5.84 Å². The SMILES string of the molecule is CCC(C)N(CCOC)c1nccc(/C(N)=N/O)n1.